The largest absolute Gasteiger partial charge is 0.478 e. The highest BCUT2D eigenvalue weighted by Gasteiger charge is 2.20. The Kier molecular flexibility index (Phi) is 4.66. The molecule has 0 atom stereocenters. The summed E-state index contributed by atoms with van der Waals surface area (Å²) in [7, 11) is 1.39. The minimum Gasteiger partial charge on any atom is -0.478 e. The molecule has 5 heteroatoms. The number of hydrogen-bond acceptors (Lipinski definition) is 4. The second kappa shape index (κ2) is 6.00. The summed E-state index contributed by atoms with van der Waals surface area (Å²) in [6.07, 6.45) is 0.554. The van der Waals surface area contributed by atoms with E-state index in [1.165, 1.54) is 13.2 Å². The van der Waals surface area contributed by atoms with Crippen molar-refractivity contribution < 1.29 is 24.2 Å². The van der Waals surface area contributed by atoms with Crippen LogP contribution in [0.3, 0.4) is 0 Å². The monoisotopic (exact) mass is 238 g/mol. The number of esters is 1. The van der Waals surface area contributed by atoms with E-state index in [9.17, 15) is 9.59 Å². The van der Waals surface area contributed by atoms with Crippen molar-refractivity contribution in [3.63, 3.8) is 0 Å². The van der Waals surface area contributed by atoms with Crippen molar-refractivity contribution in [1.29, 1.82) is 0 Å². The number of aromatic carboxylic acids is 1. The van der Waals surface area contributed by atoms with Crippen LogP contribution in [0.5, 0.6) is 0 Å². The number of rotatable bonds is 5. The van der Waals surface area contributed by atoms with Crippen molar-refractivity contribution in [3.05, 3.63) is 34.9 Å². The first kappa shape index (κ1) is 13.2. The number of ether oxygens (including phenoxy) is 2. The van der Waals surface area contributed by atoms with E-state index in [1.807, 2.05) is 6.92 Å². The van der Waals surface area contributed by atoms with Crippen LogP contribution in [-0.4, -0.2) is 30.9 Å². The SMILES string of the molecule is CCc1cccc(C(=O)O)c1C(=O)OCOC. The highest BCUT2D eigenvalue weighted by molar-refractivity contribution is 6.03. The molecule has 0 aromatic heterocycles. The minimum atomic E-state index is -1.15. The maximum atomic E-state index is 11.7. The zero-order chi connectivity index (χ0) is 12.8. The molecule has 0 aliphatic carbocycles. The standard InChI is InChI=1S/C12H14O5/c1-3-8-5-4-6-9(11(13)14)10(8)12(15)17-7-16-2/h4-6H,3,7H2,1-2H3,(H,13,14). The summed E-state index contributed by atoms with van der Waals surface area (Å²) < 4.78 is 9.40. The number of carbonyl (C=O) groups excluding carboxylic acids is 1. The van der Waals surface area contributed by atoms with Gasteiger partial charge in [0.2, 0.25) is 0 Å². The van der Waals surface area contributed by atoms with Crippen LogP contribution in [0, 0.1) is 0 Å². The molecule has 0 spiro atoms. The second-order valence-electron chi connectivity index (χ2n) is 3.34. The van der Waals surface area contributed by atoms with Gasteiger partial charge in [-0.3, -0.25) is 0 Å². The molecule has 1 rings (SSSR count). The Bertz CT molecular complexity index is 425. The van der Waals surface area contributed by atoms with E-state index in [4.69, 9.17) is 9.84 Å². The molecule has 0 fully saturated rings. The maximum Gasteiger partial charge on any atom is 0.341 e. The van der Waals surface area contributed by atoms with Gasteiger partial charge < -0.3 is 14.6 Å². The molecule has 5 nitrogen and oxygen atoms in total. The Morgan fingerprint density at radius 3 is 2.59 bits per heavy atom. The zero-order valence-electron chi connectivity index (χ0n) is 9.73. The minimum absolute atomic E-state index is 0.0505. The molecule has 0 unspecified atom stereocenters. The van der Waals surface area contributed by atoms with Gasteiger partial charge in [-0.25, -0.2) is 9.59 Å². The quantitative estimate of drug-likeness (QED) is 0.624. The fraction of sp³-hybridized carbons (Fsp3) is 0.333. The number of methoxy groups -OCH3 is 1. The third-order valence-corrected chi connectivity index (χ3v) is 2.27. The van der Waals surface area contributed by atoms with Crippen molar-refractivity contribution in [2.75, 3.05) is 13.9 Å². The summed E-state index contributed by atoms with van der Waals surface area (Å²) >= 11 is 0. The molecule has 0 bridgehead atoms. The summed E-state index contributed by atoms with van der Waals surface area (Å²) in [4.78, 5) is 22.8. The predicted molar refractivity (Wildman–Crippen MR) is 60.1 cm³/mol. The van der Waals surface area contributed by atoms with Crippen molar-refractivity contribution >= 4 is 11.9 Å². The lowest BCUT2D eigenvalue weighted by Crippen LogP contribution is -2.15. The van der Waals surface area contributed by atoms with Crippen LogP contribution in [0.1, 0.15) is 33.2 Å². The van der Waals surface area contributed by atoms with E-state index in [0.717, 1.165) is 0 Å². The van der Waals surface area contributed by atoms with E-state index >= 15 is 0 Å². The molecule has 1 N–H and O–H groups in total. The van der Waals surface area contributed by atoms with Crippen LogP contribution in [0.2, 0.25) is 0 Å². The molecular formula is C12H14O5. The number of carboxylic acid groups (broad SMARTS) is 1. The Hall–Kier alpha value is -1.88. The first-order chi connectivity index (χ1) is 8.11. The molecule has 0 saturated carbocycles. The second-order valence-corrected chi connectivity index (χ2v) is 3.34. The van der Waals surface area contributed by atoms with Crippen LogP contribution in [0.25, 0.3) is 0 Å². The molecule has 0 saturated heterocycles. The van der Waals surface area contributed by atoms with Gasteiger partial charge in [-0.05, 0) is 18.1 Å². The first-order valence-corrected chi connectivity index (χ1v) is 5.13. The van der Waals surface area contributed by atoms with E-state index in [1.54, 1.807) is 12.1 Å². The van der Waals surface area contributed by atoms with Crippen molar-refractivity contribution in [1.82, 2.24) is 0 Å². The Labute approximate surface area is 99.0 Å². The van der Waals surface area contributed by atoms with Gasteiger partial charge in [0, 0.05) is 7.11 Å². The van der Waals surface area contributed by atoms with Crippen LogP contribution < -0.4 is 0 Å². The molecular weight excluding hydrogens is 224 g/mol. The number of aryl methyl sites for hydroxylation is 1. The van der Waals surface area contributed by atoms with Gasteiger partial charge in [0.1, 0.15) is 0 Å². The van der Waals surface area contributed by atoms with Crippen molar-refractivity contribution in [2.45, 2.75) is 13.3 Å². The van der Waals surface area contributed by atoms with Gasteiger partial charge in [-0.2, -0.15) is 0 Å². The Morgan fingerprint density at radius 2 is 2.06 bits per heavy atom. The fourth-order valence-corrected chi connectivity index (χ4v) is 1.50. The first-order valence-electron chi connectivity index (χ1n) is 5.13. The van der Waals surface area contributed by atoms with Gasteiger partial charge in [0.15, 0.2) is 6.79 Å². The number of hydrogen-bond donors (Lipinski definition) is 1. The Balaban J connectivity index is 3.17. The molecule has 0 aliphatic heterocycles. The highest BCUT2D eigenvalue weighted by Crippen LogP contribution is 2.17. The van der Waals surface area contributed by atoms with Crippen molar-refractivity contribution in [3.8, 4) is 0 Å². The van der Waals surface area contributed by atoms with Crippen LogP contribution in [-0.2, 0) is 15.9 Å². The Morgan fingerprint density at radius 1 is 1.35 bits per heavy atom. The molecule has 0 aliphatic rings. The van der Waals surface area contributed by atoms with Crippen LogP contribution in [0.4, 0.5) is 0 Å². The van der Waals surface area contributed by atoms with E-state index < -0.39 is 11.9 Å². The summed E-state index contributed by atoms with van der Waals surface area (Å²) in [5.41, 5.74) is 0.691. The van der Waals surface area contributed by atoms with Gasteiger partial charge >= 0.3 is 11.9 Å². The molecule has 1 aromatic carbocycles. The third-order valence-electron chi connectivity index (χ3n) is 2.27. The molecule has 1 aromatic rings. The lowest BCUT2D eigenvalue weighted by atomic mass is 9.99. The van der Waals surface area contributed by atoms with Gasteiger partial charge in [0.05, 0.1) is 11.1 Å². The highest BCUT2D eigenvalue weighted by atomic mass is 16.7. The summed E-state index contributed by atoms with van der Waals surface area (Å²) in [5, 5.41) is 9.02. The summed E-state index contributed by atoms with van der Waals surface area (Å²) in [6.45, 7) is 1.64. The average Bonchev–Trinajstić information content (AvgIpc) is 2.34. The molecule has 0 amide bonds. The summed E-state index contributed by atoms with van der Waals surface area (Å²) in [5.74, 6) is -1.83. The van der Waals surface area contributed by atoms with Crippen molar-refractivity contribution in [2.24, 2.45) is 0 Å². The lowest BCUT2D eigenvalue weighted by Gasteiger charge is -2.10. The van der Waals surface area contributed by atoms with Gasteiger partial charge in [0.25, 0.3) is 0 Å². The average molecular weight is 238 g/mol. The summed E-state index contributed by atoms with van der Waals surface area (Å²) in [6, 6.07) is 4.69. The molecule has 17 heavy (non-hydrogen) atoms. The van der Waals surface area contributed by atoms with Gasteiger partial charge in [-0.15, -0.1) is 0 Å². The normalized spacial score (nSPS) is 10.0. The number of carbonyl (C=O) groups is 2. The zero-order valence-corrected chi connectivity index (χ0v) is 9.73. The number of carboxylic acids is 1. The van der Waals surface area contributed by atoms with E-state index in [-0.39, 0.29) is 17.9 Å². The molecule has 0 heterocycles. The number of benzene rings is 1. The topological polar surface area (TPSA) is 72.8 Å². The predicted octanol–water partition coefficient (Wildman–Crippen LogP) is 1.71. The van der Waals surface area contributed by atoms with Gasteiger partial charge in [-0.1, -0.05) is 19.1 Å². The van der Waals surface area contributed by atoms with Crippen LogP contribution >= 0.6 is 0 Å². The van der Waals surface area contributed by atoms with E-state index in [0.29, 0.717) is 12.0 Å². The fourth-order valence-electron chi connectivity index (χ4n) is 1.50. The third kappa shape index (κ3) is 3.04. The smallest absolute Gasteiger partial charge is 0.341 e. The van der Waals surface area contributed by atoms with Crippen LogP contribution in [0.15, 0.2) is 18.2 Å². The van der Waals surface area contributed by atoms with E-state index in [2.05, 4.69) is 4.74 Å². The molecule has 92 valence electrons. The lowest BCUT2D eigenvalue weighted by molar-refractivity contribution is -0.0127. The molecule has 0 radical (unpaired) electrons. The maximum absolute atomic E-state index is 11.7.